The van der Waals surface area contributed by atoms with E-state index in [1.165, 1.54) is 4.90 Å². The van der Waals surface area contributed by atoms with Crippen LogP contribution in [0.5, 0.6) is 5.75 Å². The van der Waals surface area contributed by atoms with Crippen LogP contribution in [0, 0.1) is 0 Å². The number of hydrogen-bond donors (Lipinski definition) is 1. The Labute approximate surface area is 139 Å². The largest absolute Gasteiger partial charge is 0.482 e. The Morgan fingerprint density at radius 1 is 1.43 bits per heavy atom. The van der Waals surface area contributed by atoms with Gasteiger partial charge in [0.25, 0.3) is 5.91 Å². The van der Waals surface area contributed by atoms with Crippen molar-refractivity contribution in [1.82, 2.24) is 5.32 Å². The smallest absolute Gasteiger partial charge is 0.265 e. The van der Waals surface area contributed by atoms with Crippen LogP contribution in [-0.2, 0) is 9.59 Å². The molecule has 7 heteroatoms. The molecule has 1 unspecified atom stereocenters. The van der Waals surface area contributed by atoms with E-state index in [2.05, 4.69) is 5.32 Å². The van der Waals surface area contributed by atoms with Gasteiger partial charge in [-0.2, -0.15) is 0 Å². The molecule has 0 aliphatic carbocycles. The van der Waals surface area contributed by atoms with Crippen LogP contribution in [0.1, 0.15) is 30.6 Å². The predicted octanol–water partition coefficient (Wildman–Crippen LogP) is 1.75. The quantitative estimate of drug-likeness (QED) is 0.633. The average molecular weight is 339 g/mol. The maximum absolute atomic E-state index is 12.1. The molecule has 0 bridgehead atoms. The first-order valence-electron chi connectivity index (χ1n) is 7.46. The van der Waals surface area contributed by atoms with E-state index in [9.17, 15) is 14.4 Å². The number of ketones is 1. The molecule has 124 valence electrons. The zero-order chi connectivity index (χ0) is 17.0. The van der Waals surface area contributed by atoms with Crippen LogP contribution < -0.4 is 15.0 Å². The molecule has 0 saturated carbocycles. The number of carbonyl (C=O) groups is 3. The van der Waals surface area contributed by atoms with Crippen molar-refractivity contribution in [2.75, 3.05) is 24.6 Å². The second kappa shape index (κ2) is 7.46. The number of hydrogen-bond acceptors (Lipinski definition) is 4. The minimum Gasteiger partial charge on any atom is -0.482 e. The highest BCUT2D eigenvalue weighted by molar-refractivity contribution is 6.33. The maximum atomic E-state index is 12.1. The van der Waals surface area contributed by atoms with Gasteiger partial charge < -0.3 is 10.1 Å². The Hall–Kier alpha value is -2.08. The molecule has 0 saturated heterocycles. The molecular formula is C16H19ClN2O4. The summed E-state index contributed by atoms with van der Waals surface area (Å²) in [4.78, 5) is 37.4. The standard InChI is InChI=1S/C16H19ClN2O4/c1-3-6-18-14(20)8-19-12-7-11(16(22)10(2)17)4-5-13(12)23-9-15(19)21/h4-5,7,10H,3,6,8-9H2,1-2H3,(H,18,20). The summed E-state index contributed by atoms with van der Waals surface area (Å²) in [5.74, 6) is -0.363. The second-order valence-electron chi connectivity index (χ2n) is 5.28. The van der Waals surface area contributed by atoms with Gasteiger partial charge in [0.1, 0.15) is 12.3 Å². The lowest BCUT2D eigenvalue weighted by Crippen LogP contribution is -2.45. The number of carbonyl (C=O) groups excluding carboxylic acids is 3. The van der Waals surface area contributed by atoms with Gasteiger partial charge >= 0.3 is 0 Å². The summed E-state index contributed by atoms with van der Waals surface area (Å²) in [6.45, 7) is 3.84. The number of halogens is 1. The number of benzene rings is 1. The molecule has 0 aromatic heterocycles. The molecule has 23 heavy (non-hydrogen) atoms. The van der Waals surface area contributed by atoms with Crippen LogP contribution in [0.4, 0.5) is 5.69 Å². The van der Waals surface area contributed by atoms with E-state index in [0.29, 0.717) is 23.5 Å². The molecule has 6 nitrogen and oxygen atoms in total. The van der Waals surface area contributed by atoms with E-state index in [-0.39, 0.29) is 30.7 Å². The summed E-state index contributed by atoms with van der Waals surface area (Å²) in [7, 11) is 0. The molecule has 2 amide bonds. The molecule has 1 atom stereocenters. The molecule has 1 aromatic rings. The summed E-state index contributed by atoms with van der Waals surface area (Å²) >= 11 is 5.83. The van der Waals surface area contributed by atoms with Gasteiger partial charge in [0.2, 0.25) is 5.91 Å². The Balaban J connectivity index is 2.28. The second-order valence-corrected chi connectivity index (χ2v) is 5.94. The van der Waals surface area contributed by atoms with E-state index in [0.717, 1.165) is 6.42 Å². The zero-order valence-electron chi connectivity index (χ0n) is 13.1. The van der Waals surface area contributed by atoms with Crippen molar-refractivity contribution in [2.24, 2.45) is 0 Å². The molecule has 1 N–H and O–H groups in total. The van der Waals surface area contributed by atoms with Crippen LogP contribution in [0.3, 0.4) is 0 Å². The number of alkyl halides is 1. The molecule has 0 radical (unpaired) electrons. The first-order valence-corrected chi connectivity index (χ1v) is 7.90. The van der Waals surface area contributed by atoms with Crippen LogP contribution in [-0.4, -0.2) is 42.7 Å². The van der Waals surface area contributed by atoms with Crippen molar-refractivity contribution in [3.8, 4) is 5.75 Å². The monoisotopic (exact) mass is 338 g/mol. The third-order valence-electron chi connectivity index (χ3n) is 3.42. The van der Waals surface area contributed by atoms with Gasteiger partial charge in [-0.25, -0.2) is 0 Å². The van der Waals surface area contributed by atoms with E-state index >= 15 is 0 Å². The molecular weight excluding hydrogens is 320 g/mol. The van der Waals surface area contributed by atoms with Crippen molar-refractivity contribution in [3.05, 3.63) is 23.8 Å². The van der Waals surface area contributed by atoms with Crippen molar-refractivity contribution >= 4 is 34.9 Å². The summed E-state index contributed by atoms with van der Waals surface area (Å²) in [5, 5.41) is 2.05. The minimum atomic E-state index is -0.672. The van der Waals surface area contributed by atoms with Crippen molar-refractivity contribution in [1.29, 1.82) is 0 Å². The van der Waals surface area contributed by atoms with E-state index in [1.54, 1.807) is 25.1 Å². The summed E-state index contributed by atoms with van der Waals surface area (Å²) in [6.07, 6.45) is 0.811. The lowest BCUT2D eigenvalue weighted by atomic mass is 10.1. The number of rotatable bonds is 6. The first kappa shape index (κ1) is 17.3. The van der Waals surface area contributed by atoms with Crippen LogP contribution in [0.25, 0.3) is 0 Å². The van der Waals surface area contributed by atoms with Crippen LogP contribution >= 0.6 is 11.6 Å². The highest BCUT2D eigenvalue weighted by atomic mass is 35.5. The minimum absolute atomic E-state index is 0.108. The average Bonchev–Trinajstić information content (AvgIpc) is 2.54. The Morgan fingerprint density at radius 3 is 2.83 bits per heavy atom. The number of Topliss-reactive ketones (excluding diaryl/α,β-unsaturated/α-hetero) is 1. The summed E-state index contributed by atoms with van der Waals surface area (Å²) in [6, 6.07) is 4.76. The molecule has 1 heterocycles. The van der Waals surface area contributed by atoms with Gasteiger partial charge in [-0.15, -0.1) is 11.6 Å². The molecule has 1 aliphatic rings. The number of nitrogens with one attached hydrogen (secondary N) is 1. The Kier molecular flexibility index (Phi) is 5.60. The SMILES string of the molecule is CCCNC(=O)CN1C(=O)COc2ccc(C(=O)C(C)Cl)cc21. The van der Waals surface area contributed by atoms with Crippen molar-refractivity contribution in [3.63, 3.8) is 0 Å². The maximum Gasteiger partial charge on any atom is 0.265 e. The fourth-order valence-electron chi connectivity index (χ4n) is 2.22. The fraction of sp³-hybridized carbons (Fsp3) is 0.438. The molecule has 1 aliphatic heterocycles. The normalized spacial score (nSPS) is 14.7. The van der Waals surface area contributed by atoms with Gasteiger partial charge in [-0.1, -0.05) is 6.92 Å². The Morgan fingerprint density at radius 2 is 2.17 bits per heavy atom. The first-order chi connectivity index (χ1) is 10.9. The number of amides is 2. The van der Waals surface area contributed by atoms with Gasteiger partial charge in [-0.3, -0.25) is 19.3 Å². The third-order valence-corrected chi connectivity index (χ3v) is 3.62. The van der Waals surface area contributed by atoms with Gasteiger partial charge in [0, 0.05) is 12.1 Å². The highest BCUT2D eigenvalue weighted by Gasteiger charge is 2.28. The molecule has 0 spiro atoms. The van der Waals surface area contributed by atoms with Crippen LogP contribution in [0.15, 0.2) is 18.2 Å². The summed E-state index contributed by atoms with van der Waals surface area (Å²) in [5.41, 5.74) is 0.791. The van der Waals surface area contributed by atoms with Gasteiger partial charge in [-0.05, 0) is 31.5 Å². The molecule has 2 rings (SSSR count). The van der Waals surface area contributed by atoms with E-state index < -0.39 is 5.38 Å². The third kappa shape index (κ3) is 4.01. The Bertz CT molecular complexity index is 631. The number of anilines is 1. The number of fused-ring (bicyclic) bond motifs is 1. The molecule has 1 aromatic carbocycles. The van der Waals surface area contributed by atoms with E-state index in [4.69, 9.17) is 16.3 Å². The van der Waals surface area contributed by atoms with E-state index in [1.807, 2.05) is 6.92 Å². The topological polar surface area (TPSA) is 75.7 Å². The van der Waals surface area contributed by atoms with Gasteiger partial charge in [0.05, 0.1) is 11.1 Å². The lowest BCUT2D eigenvalue weighted by Gasteiger charge is -2.29. The predicted molar refractivity (Wildman–Crippen MR) is 87.2 cm³/mol. The fourth-order valence-corrected chi connectivity index (χ4v) is 2.35. The number of ether oxygens (including phenoxy) is 1. The van der Waals surface area contributed by atoms with Gasteiger partial charge in [0.15, 0.2) is 12.4 Å². The lowest BCUT2D eigenvalue weighted by molar-refractivity contribution is -0.125. The highest BCUT2D eigenvalue weighted by Crippen LogP contribution is 2.33. The zero-order valence-corrected chi connectivity index (χ0v) is 13.9. The van der Waals surface area contributed by atoms with Crippen molar-refractivity contribution < 1.29 is 19.1 Å². The summed E-state index contributed by atoms with van der Waals surface area (Å²) < 4.78 is 5.36. The van der Waals surface area contributed by atoms with Crippen molar-refractivity contribution in [2.45, 2.75) is 25.6 Å². The van der Waals surface area contributed by atoms with Crippen LogP contribution in [0.2, 0.25) is 0 Å². The molecule has 0 fully saturated rings. The number of nitrogens with zero attached hydrogens (tertiary/aromatic N) is 1.